The molecule has 2 fully saturated rings. The number of aliphatic carboxylic acids is 1. The summed E-state index contributed by atoms with van der Waals surface area (Å²) in [5, 5.41) is 14.4. The van der Waals surface area contributed by atoms with Gasteiger partial charge in [0.05, 0.1) is 0 Å². The van der Waals surface area contributed by atoms with E-state index in [0.717, 1.165) is 4.90 Å². The Morgan fingerprint density at radius 1 is 1.23 bits per heavy atom. The number of rotatable bonds is 4. The Bertz CT molecular complexity index is 1170. The maximum Gasteiger partial charge on any atom is 0.328 e. The average molecular weight is 433 g/mol. The maximum atomic E-state index is 13.0. The van der Waals surface area contributed by atoms with Gasteiger partial charge in [0.15, 0.2) is 15.2 Å². The summed E-state index contributed by atoms with van der Waals surface area (Å²) in [6.45, 7) is 4.06. The van der Waals surface area contributed by atoms with Crippen molar-refractivity contribution in [3.63, 3.8) is 0 Å². The summed E-state index contributed by atoms with van der Waals surface area (Å²) in [5.74, 6) is -2.69. The lowest BCUT2D eigenvalue weighted by Crippen LogP contribution is -2.72. The van der Waals surface area contributed by atoms with Gasteiger partial charge in [-0.2, -0.15) is 0 Å². The van der Waals surface area contributed by atoms with Crippen molar-refractivity contribution in [1.29, 1.82) is 0 Å². The van der Waals surface area contributed by atoms with Crippen molar-refractivity contribution in [2.75, 3.05) is 0 Å². The second-order valence-electron chi connectivity index (χ2n) is 7.80. The first-order valence-corrected chi connectivity index (χ1v) is 10.7. The first kappa shape index (κ1) is 20.1. The third-order valence-corrected chi connectivity index (χ3v) is 8.55. The number of fused-ring (bicyclic) bond motifs is 1. The Kier molecular flexibility index (Phi) is 4.28. The van der Waals surface area contributed by atoms with E-state index in [9.17, 15) is 27.9 Å². The number of carbonyl (C=O) groups is 3. The molecule has 2 saturated heterocycles. The summed E-state index contributed by atoms with van der Waals surface area (Å²) >= 11 is 0. The van der Waals surface area contributed by atoms with Crippen molar-refractivity contribution in [3.8, 4) is 11.3 Å². The number of carboxylic acid groups (broad SMARTS) is 1. The minimum absolute atomic E-state index is 0.0805. The molecule has 4 rings (SSSR count). The summed E-state index contributed by atoms with van der Waals surface area (Å²) in [7, 11) is -4.06. The molecule has 0 saturated carbocycles. The summed E-state index contributed by atoms with van der Waals surface area (Å²) in [6.07, 6.45) is 0. The van der Waals surface area contributed by atoms with E-state index in [-0.39, 0.29) is 17.0 Å². The summed E-state index contributed by atoms with van der Waals surface area (Å²) < 4.78 is 29.3. The number of hydrogen-bond acceptors (Lipinski definition) is 7. The van der Waals surface area contributed by atoms with Gasteiger partial charge in [-0.25, -0.2) is 13.2 Å². The molecule has 2 amide bonds. The zero-order valence-electron chi connectivity index (χ0n) is 16.3. The molecule has 2 aromatic rings. The van der Waals surface area contributed by atoms with Crippen molar-refractivity contribution >= 4 is 27.6 Å². The largest absolute Gasteiger partial charge is 0.480 e. The number of nitrogens with zero attached hydrogens (tertiary/aromatic N) is 2. The summed E-state index contributed by atoms with van der Waals surface area (Å²) in [5.41, 5.74) is 0.950. The van der Waals surface area contributed by atoms with Crippen LogP contribution in [0.15, 0.2) is 34.9 Å². The van der Waals surface area contributed by atoms with E-state index in [1.807, 2.05) is 0 Å². The lowest BCUT2D eigenvalue weighted by molar-refractivity contribution is -0.159. The maximum absolute atomic E-state index is 13.0. The Morgan fingerprint density at radius 3 is 2.47 bits per heavy atom. The molecule has 3 heterocycles. The zero-order chi connectivity index (χ0) is 22.0. The fourth-order valence-electron chi connectivity index (χ4n) is 4.09. The third-order valence-electron chi connectivity index (χ3n) is 5.73. The van der Waals surface area contributed by atoms with E-state index >= 15 is 0 Å². The van der Waals surface area contributed by atoms with Crippen LogP contribution in [0.1, 0.15) is 30.0 Å². The molecule has 10 nitrogen and oxygen atoms in total. The quantitative estimate of drug-likeness (QED) is 0.666. The van der Waals surface area contributed by atoms with Gasteiger partial charge in [0, 0.05) is 5.56 Å². The van der Waals surface area contributed by atoms with Gasteiger partial charge in [-0.3, -0.25) is 9.59 Å². The number of carboxylic acids is 1. The van der Waals surface area contributed by atoms with Crippen LogP contribution in [-0.4, -0.2) is 63.6 Å². The molecule has 30 heavy (non-hydrogen) atoms. The number of benzene rings is 1. The van der Waals surface area contributed by atoms with Gasteiger partial charge in [0.1, 0.15) is 33.8 Å². The minimum atomic E-state index is -4.06. The number of amides is 2. The highest BCUT2D eigenvalue weighted by atomic mass is 32.2. The number of aromatic nitrogens is 1. The van der Waals surface area contributed by atoms with Crippen molar-refractivity contribution in [2.45, 2.75) is 43.0 Å². The molecule has 2 N–H and O–H groups in total. The molecular weight excluding hydrogens is 414 g/mol. The summed E-state index contributed by atoms with van der Waals surface area (Å²) in [6, 6.07) is 5.86. The van der Waals surface area contributed by atoms with E-state index in [0.29, 0.717) is 5.56 Å². The van der Waals surface area contributed by atoms with Crippen LogP contribution in [-0.2, 0) is 19.4 Å². The van der Waals surface area contributed by atoms with Gasteiger partial charge >= 0.3 is 5.97 Å². The number of β-lactam (4-membered cyclic amide) rings is 1. The predicted octanol–water partition coefficient (Wildman–Crippen LogP) is 0.577. The van der Waals surface area contributed by atoms with Gasteiger partial charge < -0.3 is 19.8 Å². The van der Waals surface area contributed by atoms with Crippen LogP contribution in [0.4, 0.5) is 0 Å². The highest BCUT2D eigenvalue weighted by Gasteiger charge is 2.72. The molecule has 11 heteroatoms. The Balaban J connectivity index is 1.66. The highest BCUT2D eigenvalue weighted by molar-refractivity contribution is 7.94. The second kappa shape index (κ2) is 6.39. The number of nitrogens with one attached hydrogen (secondary N) is 1. The molecule has 1 aromatic heterocycles. The molecule has 2 aliphatic rings. The monoisotopic (exact) mass is 433 g/mol. The van der Waals surface area contributed by atoms with Gasteiger partial charge in [0.2, 0.25) is 5.91 Å². The summed E-state index contributed by atoms with van der Waals surface area (Å²) in [4.78, 5) is 38.0. The predicted molar refractivity (Wildman–Crippen MR) is 103 cm³/mol. The molecule has 0 radical (unpaired) electrons. The highest BCUT2D eigenvalue weighted by Crippen LogP contribution is 2.46. The van der Waals surface area contributed by atoms with Crippen LogP contribution >= 0.6 is 0 Å². The second-order valence-corrected chi connectivity index (χ2v) is 10.4. The lowest BCUT2D eigenvalue weighted by Gasteiger charge is -2.42. The fraction of sp³-hybridized carbons (Fsp3) is 0.368. The van der Waals surface area contributed by atoms with E-state index in [1.165, 1.54) is 20.8 Å². The number of carbonyl (C=O) groups excluding carboxylic acids is 2. The molecule has 1 unspecified atom stereocenters. The topological polar surface area (TPSA) is 147 Å². The molecule has 0 aliphatic carbocycles. The molecular formula is C19H19N3O7S. The molecule has 3 atom stereocenters. The van der Waals surface area contributed by atoms with Crippen LogP contribution in [0, 0.1) is 6.92 Å². The van der Waals surface area contributed by atoms with E-state index in [1.54, 1.807) is 30.3 Å². The number of hydrogen-bond donors (Lipinski definition) is 2. The van der Waals surface area contributed by atoms with Crippen molar-refractivity contribution in [3.05, 3.63) is 41.7 Å². The number of aryl methyl sites for hydroxylation is 1. The van der Waals surface area contributed by atoms with E-state index < -0.39 is 49.8 Å². The number of sulfone groups is 1. The van der Waals surface area contributed by atoms with Crippen LogP contribution in [0.5, 0.6) is 0 Å². The average Bonchev–Trinajstić information content (AvgIpc) is 3.13. The minimum Gasteiger partial charge on any atom is -0.480 e. The molecule has 158 valence electrons. The third kappa shape index (κ3) is 2.51. The fourth-order valence-corrected chi connectivity index (χ4v) is 6.30. The molecule has 0 bridgehead atoms. The molecule has 1 aromatic carbocycles. The Morgan fingerprint density at radius 2 is 1.87 bits per heavy atom. The van der Waals surface area contributed by atoms with Crippen LogP contribution in [0.2, 0.25) is 0 Å². The van der Waals surface area contributed by atoms with Gasteiger partial charge in [0.25, 0.3) is 5.91 Å². The Hall–Kier alpha value is -3.21. The standard InChI is InChI=1S/C19H19N3O7S/c1-9-11(12(21-29-9)10-7-5-4-6-8-10)15(23)20-13-16(24)22-14(18(25)26)19(2,3)30(27,28)17(13)22/h4-8,13-14,17H,1-3H3,(H,20,23)(H,25,26)/t13-,14?,17-/m1/s1. The van der Waals surface area contributed by atoms with Crippen molar-refractivity contribution in [1.82, 2.24) is 15.4 Å². The molecule has 2 aliphatic heterocycles. The van der Waals surface area contributed by atoms with Gasteiger partial charge in [-0.15, -0.1) is 0 Å². The van der Waals surface area contributed by atoms with Crippen molar-refractivity contribution < 1.29 is 32.4 Å². The van der Waals surface area contributed by atoms with Crippen LogP contribution in [0.25, 0.3) is 11.3 Å². The SMILES string of the molecule is Cc1onc(-c2ccccc2)c1C(=O)N[C@@H]1C(=O)N2C(C(=O)O)C(C)(C)S(=O)(=O)[C@H]12. The smallest absolute Gasteiger partial charge is 0.328 e. The van der Waals surface area contributed by atoms with Crippen LogP contribution < -0.4 is 5.32 Å². The normalized spacial score (nSPS) is 26.0. The van der Waals surface area contributed by atoms with Crippen molar-refractivity contribution in [2.24, 2.45) is 0 Å². The molecule has 0 spiro atoms. The van der Waals surface area contributed by atoms with Gasteiger partial charge in [-0.1, -0.05) is 35.5 Å². The first-order chi connectivity index (χ1) is 14.0. The first-order valence-electron chi connectivity index (χ1n) is 9.11. The van der Waals surface area contributed by atoms with Crippen LogP contribution in [0.3, 0.4) is 0 Å². The zero-order valence-corrected chi connectivity index (χ0v) is 17.1. The van der Waals surface area contributed by atoms with E-state index in [2.05, 4.69) is 10.5 Å². The Labute approximate surface area is 171 Å². The van der Waals surface area contributed by atoms with E-state index in [4.69, 9.17) is 4.52 Å². The lowest BCUT2D eigenvalue weighted by atomic mass is 9.95. The van der Waals surface area contributed by atoms with Gasteiger partial charge in [-0.05, 0) is 20.8 Å².